The van der Waals surface area contributed by atoms with Gasteiger partial charge in [-0.2, -0.15) is 0 Å². The van der Waals surface area contributed by atoms with Crippen LogP contribution in [0.4, 0.5) is 0 Å². The molecule has 0 aromatic carbocycles. The Morgan fingerprint density at radius 2 is 2.24 bits per heavy atom. The Hall–Kier alpha value is -1.09. The molecule has 3 rings (SSSR count). The van der Waals surface area contributed by atoms with Gasteiger partial charge in [0, 0.05) is 24.5 Å². The van der Waals surface area contributed by atoms with Crippen molar-refractivity contribution in [1.29, 1.82) is 0 Å². The first-order valence-corrected chi connectivity index (χ1v) is 8.66. The summed E-state index contributed by atoms with van der Waals surface area (Å²) < 4.78 is 2.40. The van der Waals surface area contributed by atoms with Crippen LogP contribution in [0.2, 0.25) is 0 Å². The van der Waals surface area contributed by atoms with E-state index in [1.54, 1.807) is 0 Å². The molecule has 1 saturated carbocycles. The number of aryl methyl sites for hydroxylation is 2. The minimum Gasteiger partial charge on any atom is -0.310 e. The number of hydrogen-bond acceptors (Lipinski definition) is 2. The second-order valence-corrected chi connectivity index (χ2v) is 6.61. The second kappa shape index (κ2) is 6.35. The van der Waals surface area contributed by atoms with Gasteiger partial charge in [0.15, 0.2) is 5.65 Å². The zero-order chi connectivity index (χ0) is 14.8. The molecule has 4 heteroatoms. The van der Waals surface area contributed by atoms with Gasteiger partial charge in [0.25, 0.3) is 0 Å². The lowest BCUT2D eigenvalue weighted by Gasteiger charge is -2.30. The van der Waals surface area contributed by atoms with E-state index in [1.807, 2.05) is 12.3 Å². The van der Waals surface area contributed by atoms with Crippen LogP contribution in [0.15, 0.2) is 12.3 Å². The first-order valence-electron chi connectivity index (χ1n) is 8.13. The molecule has 2 atom stereocenters. The quantitative estimate of drug-likeness (QED) is 0.769. The van der Waals surface area contributed by atoms with E-state index in [-0.39, 0.29) is 0 Å². The van der Waals surface area contributed by atoms with E-state index in [1.165, 1.54) is 37.7 Å². The Morgan fingerprint density at radius 1 is 1.38 bits per heavy atom. The Labute approximate surface area is 131 Å². The van der Waals surface area contributed by atoms with E-state index in [0.717, 1.165) is 29.3 Å². The van der Waals surface area contributed by atoms with Gasteiger partial charge in [0.05, 0.1) is 0 Å². The van der Waals surface area contributed by atoms with Gasteiger partial charge in [-0.1, -0.05) is 26.2 Å². The van der Waals surface area contributed by atoms with E-state index < -0.39 is 0 Å². The van der Waals surface area contributed by atoms with Gasteiger partial charge in [-0.15, -0.1) is 11.6 Å². The molecular weight excluding hydrogens is 282 g/mol. The van der Waals surface area contributed by atoms with E-state index in [0.29, 0.717) is 11.9 Å². The van der Waals surface area contributed by atoms with Crippen molar-refractivity contribution in [2.75, 3.05) is 5.88 Å². The van der Waals surface area contributed by atoms with Gasteiger partial charge in [-0.05, 0) is 37.3 Å². The normalized spacial score (nSPS) is 22.8. The van der Waals surface area contributed by atoms with E-state index >= 15 is 0 Å². The summed E-state index contributed by atoms with van der Waals surface area (Å²) in [6, 6.07) is 2.58. The topological polar surface area (TPSA) is 30.7 Å². The van der Waals surface area contributed by atoms with Gasteiger partial charge in [0.2, 0.25) is 0 Å². The van der Waals surface area contributed by atoms with Crippen molar-refractivity contribution < 1.29 is 0 Å². The lowest BCUT2D eigenvalue weighted by molar-refractivity contribution is 0.261. The average Bonchev–Trinajstić information content (AvgIpc) is 2.87. The molecule has 1 aliphatic rings. The number of imidazole rings is 1. The molecule has 2 heterocycles. The third-order valence-corrected chi connectivity index (χ3v) is 5.06. The number of rotatable bonds is 4. The fourth-order valence-corrected chi connectivity index (χ4v) is 3.84. The molecule has 0 saturated heterocycles. The maximum absolute atomic E-state index is 6.00. The van der Waals surface area contributed by atoms with Gasteiger partial charge in [-0.25, -0.2) is 9.97 Å². The molecule has 114 valence electrons. The SMILES string of the molecule is CCC1CCCC(n2c(CCCl)nc3c(C)ccnc32)C1. The molecule has 0 aliphatic heterocycles. The lowest BCUT2D eigenvalue weighted by Crippen LogP contribution is -2.21. The number of aromatic nitrogens is 3. The Balaban J connectivity index is 2.06. The van der Waals surface area contributed by atoms with Crippen LogP contribution in [-0.2, 0) is 6.42 Å². The van der Waals surface area contributed by atoms with Crippen molar-refractivity contribution >= 4 is 22.8 Å². The summed E-state index contributed by atoms with van der Waals surface area (Å²) in [5, 5.41) is 0. The van der Waals surface area contributed by atoms with Crippen LogP contribution in [0.25, 0.3) is 11.2 Å². The Kier molecular flexibility index (Phi) is 4.48. The van der Waals surface area contributed by atoms with Crippen molar-refractivity contribution in [2.24, 2.45) is 5.92 Å². The van der Waals surface area contributed by atoms with Gasteiger partial charge < -0.3 is 4.57 Å². The van der Waals surface area contributed by atoms with Crippen LogP contribution in [0.1, 0.15) is 56.5 Å². The standard InChI is InChI=1S/C17H24ClN3/c1-3-13-5-4-6-14(11-13)21-15(7-9-18)20-16-12(2)8-10-19-17(16)21/h8,10,13-14H,3-7,9,11H2,1-2H3. The molecule has 3 nitrogen and oxygen atoms in total. The van der Waals surface area contributed by atoms with Crippen LogP contribution < -0.4 is 0 Å². The molecule has 0 amide bonds. The molecule has 1 aliphatic carbocycles. The lowest BCUT2D eigenvalue weighted by atomic mass is 9.84. The average molecular weight is 306 g/mol. The van der Waals surface area contributed by atoms with Crippen LogP contribution in [-0.4, -0.2) is 20.4 Å². The summed E-state index contributed by atoms with van der Waals surface area (Å²) in [6.45, 7) is 4.42. The minimum atomic E-state index is 0.543. The smallest absolute Gasteiger partial charge is 0.160 e. The maximum Gasteiger partial charge on any atom is 0.160 e. The van der Waals surface area contributed by atoms with Crippen molar-refractivity contribution in [1.82, 2.24) is 14.5 Å². The molecule has 0 N–H and O–H groups in total. The summed E-state index contributed by atoms with van der Waals surface area (Å²) in [6.07, 6.45) is 9.19. The largest absolute Gasteiger partial charge is 0.310 e. The molecule has 2 aromatic rings. The highest BCUT2D eigenvalue weighted by molar-refractivity contribution is 6.17. The number of alkyl halides is 1. The number of pyridine rings is 1. The second-order valence-electron chi connectivity index (χ2n) is 6.23. The molecule has 2 aromatic heterocycles. The van der Waals surface area contributed by atoms with Crippen LogP contribution in [0, 0.1) is 12.8 Å². The molecule has 0 radical (unpaired) electrons. The van der Waals surface area contributed by atoms with Crippen LogP contribution in [0.5, 0.6) is 0 Å². The fraction of sp³-hybridized carbons (Fsp3) is 0.647. The van der Waals surface area contributed by atoms with Crippen LogP contribution >= 0.6 is 11.6 Å². The highest BCUT2D eigenvalue weighted by Gasteiger charge is 2.26. The van der Waals surface area contributed by atoms with Gasteiger partial charge in [0.1, 0.15) is 11.3 Å². The van der Waals surface area contributed by atoms with Crippen molar-refractivity contribution in [3.8, 4) is 0 Å². The van der Waals surface area contributed by atoms with Gasteiger partial charge >= 0.3 is 0 Å². The molecule has 1 fully saturated rings. The molecule has 2 unspecified atom stereocenters. The Bertz CT molecular complexity index is 620. The predicted molar refractivity (Wildman–Crippen MR) is 88.0 cm³/mol. The summed E-state index contributed by atoms with van der Waals surface area (Å²) in [7, 11) is 0. The highest BCUT2D eigenvalue weighted by Crippen LogP contribution is 2.36. The Morgan fingerprint density at radius 3 is 3.00 bits per heavy atom. The van der Waals surface area contributed by atoms with Crippen molar-refractivity contribution in [2.45, 2.75) is 58.4 Å². The number of fused-ring (bicyclic) bond motifs is 1. The first kappa shape index (κ1) is 14.8. The molecule has 0 bridgehead atoms. The number of hydrogen-bond donors (Lipinski definition) is 0. The highest BCUT2D eigenvalue weighted by atomic mass is 35.5. The summed E-state index contributed by atoms with van der Waals surface area (Å²) in [4.78, 5) is 9.47. The maximum atomic E-state index is 6.00. The zero-order valence-electron chi connectivity index (χ0n) is 13.0. The summed E-state index contributed by atoms with van der Waals surface area (Å²) in [5.74, 6) is 2.57. The number of halogens is 1. The van der Waals surface area contributed by atoms with Crippen molar-refractivity contribution in [3.63, 3.8) is 0 Å². The third-order valence-electron chi connectivity index (χ3n) is 4.87. The van der Waals surface area contributed by atoms with E-state index in [9.17, 15) is 0 Å². The van der Waals surface area contributed by atoms with E-state index in [2.05, 4.69) is 23.4 Å². The number of nitrogens with zero attached hydrogens (tertiary/aromatic N) is 3. The predicted octanol–water partition coefficient (Wildman–Crippen LogP) is 4.66. The van der Waals surface area contributed by atoms with Gasteiger partial charge in [-0.3, -0.25) is 0 Å². The fourth-order valence-electron chi connectivity index (χ4n) is 3.67. The van der Waals surface area contributed by atoms with E-state index in [4.69, 9.17) is 16.6 Å². The summed E-state index contributed by atoms with van der Waals surface area (Å²) >= 11 is 6.00. The van der Waals surface area contributed by atoms with Crippen LogP contribution in [0.3, 0.4) is 0 Å². The minimum absolute atomic E-state index is 0.543. The van der Waals surface area contributed by atoms with Crippen molar-refractivity contribution in [3.05, 3.63) is 23.7 Å². The molecule has 21 heavy (non-hydrogen) atoms. The molecule has 0 spiro atoms. The molecular formula is C17H24ClN3. The monoisotopic (exact) mass is 305 g/mol. The summed E-state index contributed by atoms with van der Waals surface area (Å²) in [5.41, 5.74) is 3.31. The third kappa shape index (κ3) is 2.80. The first-order chi connectivity index (χ1) is 10.2. The zero-order valence-corrected chi connectivity index (χ0v) is 13.7.